The third kappa shape index (κ3) is 4.05. The van der Waals surface area contributed by atoms with Crippen molar-refractivity contribution in [3.05, 3.63) is 180 Å². The fraction of sp³-hybridized carbons (Fsp3) is 0.0667. The molecule has 0 saturated heterocycles. The van der Waals surface area contributed by atoms with Gasteiger partial charge < -0.3 is 9.30 Å². The van der Waals surface area contributed by atoms with Crippen LogP contribution in [0.1, 0.15) is 28.2 Å². The van der Waals surface area contributed by atoms with Gasteiger partial charge in [-0.05, 0) is 87.3 Å². The van der Waals surface area contributed by atoms with E-state index in [2.05, 4.69) is 162 Å². The normalized spacial score (nSPS) is 14.6. The van der Waals surface area contributed by atoms with E-state index in [1.807, 2.05) is 0 Å². The van der Waals surface area contributed by atoms with Crippen molar-refractivity contribution in [3.63, 3.8) is 0 Å². The fourth-order valence-corrected chi connectivity index (χ4v) is 8.11. The molecule has 2 nitrogen and oxygen atoms in total. The van der Waals surface area contributed by atoms with Crippen LogP contribution in [0.4, 0.5) is 0 Å². The van der Waals surface area contributed by atoms with Crippen LogP contribution in [-0.4, -0.2) is 4.57 Å². The number of benzene rings is 7. The predicted molar refractivity (Wildman–Crippen MR) is 193 cm³/mol. The van der Waals surface area contributed by atoms with Crippen LogP contribution in [-0.2, 0) is 13.0 Å². The third-order valence-electron chi connectivity index (χ3n) is 10.3. The van der Waals surface area contributed by atoms with Crippen LogP contribution >= 0.6 is 0 Å². The van der Waals surface area contributed by atoms with Crippen molar-refractivity contribution in [1.82, 2.24) is 4.57 Å². The number of fused-ring (bicyclic) bond motifs is 9. The molecular weight excluding hydrogens is 571 g/mol. The second-order valence-electron chi connectivity index (χ2n) is 12.8. The molecule has 0 bridgehead atoms. The summed E-state index contributed by atoms with van der Waals surface area (Å²) in [6.45, 7) is 0.578. The Balaban J connectivity index is 1.13. The lowest BCUT2D eigenvalue weighted by Gasteiger charge is -2.29. The molecule has 1 aromatic heterocycles. The average molecular weight is 602 g/mol. The Morgan fingerprint density at radius 2 is 1.26 bits per heavy atom. The summed E-state index contributed by atoms with van der Waals surface area (Å²) < 4.78 is 8.59. The summed E-state index contributed by atoms with van der Waals surface area (Å²) in [7, 11) is 0. The minimum Gasteiger partial charge on any atom is -0.488 e. The highest BCUT2D eigenvalue weighted by atomic mass is 16.5. The van der Waals surface area contributed by atoms with Crippen LogP contribution in [0.2, 0.25) is 0 Å². The highest BCUT2D eigenvalue weighted by Gasteiger charge is 2.27. The Kier molecular flexibility index (Phi) is 5.80. The average Bonchev–Trinajstić information content (AvgIpc) is 3.48. The van der Waals surface area contributed by atoms with Gasteiger partial charge in [-0.25, -0.2) is 0 Å². The van der Waals surface area contributed by atoms with Crippen LogP contribution in [0.25, 0.3) is 60.9 Å². The monoisotopic (exact) mass is 601 g/mol. The minimum absolute atomic E-state index is 0.371. The summed E-state index contributed by atoms with van der Waals surface area (Å²) in [6, 6.07) is 57.9. The summed E-state index contributed by atoms with van der Waals surface area (Å²) in [4.78, 5) is 0. The van der Waals surface area contributed by atoms with Crippen molar-refractivity contribution in [2.75, 3.05) is 0 Å². The molecule has 2 heteroatoms. The molecule has 2 heterocycles. The van der Waals surface area contributed by atoms with Gasteiger partial charge in [0.1, 0.15) is 12.4 Å². The van der Waals surface area contributed by atoms with Gasteiger partial charge in [0, 0.05) is 27.8 Å². The van der Waals surface area contributed by atoms with Crippen molar-refractivity contribution in [3.8, 4) is 44.8 Å². The smallest absolute Gasteiger partial charge is 0.127 e. The van der Waals surface area contributed by atoms with Crippen molar-refractivity contribution in [2.45, 2.75) is 18.9 Å². The van der Waals surface area contributed by atoms with E-state index in [-0.39, 0.29) is 0 Å². The number of hydrogen-bond donors (Lipinski definition) is 0. The topological polar surface area (TPSA) is 14.2 Å². The first-order chi connectivity index (χ1) is 23.3. The van der Waals surface area contributed by atoms with Gasteiger partial charge in [-0.2, -0.15) is 0 Å². The Bertz CT molecular complexity index is 2500. The zero-order valence-electron chi connectivity index (χ0n) is 25.9. The second-order valence-corrected chi connectivity index (χ2v) is 12.8. The van der Waals surface area contributed by atoms with E-state index in [0.29, 0.717) is 12.5 Å². The lowest BCUT2D eigenvalue weighted by molar-refractivity contribution is 0.302. The van der Waals surface area contributed by atoms with Crippen molar-refractivity contribution in [1.29, 1.82) is 0 Å². The number of aromatic nitrogens is 1. The Labute approximate surface area is 274 Å². The van der Waals surface area contributed by atoms with E-state index < -0.39 is 0 Å². The molecule has 10 rings (SSSR count). The SMILES string of the molecule is c1ccc(C2Cc3ccc(-c4ccc5c(c4)c4ccccc4n5-c4cccc5c4-c4ccccc4OC5)cc3-c3ccccc32)cc1. The molecule has 0 spiro atoms. The summed E-state index contributed by atoms with van der Waals surface area (Å²) >= 11 is 0. The molecule has 222 valence electrons. The summed E-state index contributed by atoms with van der Waals surface area (Å²) in [6.07, 6.45) is 1.01. The fourth-order valence-electron chi connectivity index (χ4n) is 8.11. The van der Waals surface area contributed by atoms with Crippen molar-refractivity contribution < 1.29 is 4.74 Å². The van der Waals surface area contributed by atoms with Gasteiger partial charge in [0.2, 0.25) is 0 Å². The summed E-state index contributed by atoms with van der Waals surface area (Å²) in [5.41, 5.74) is 16.6. The second kappa shape index (κ2) is 10.3. The summed E-state index contributed by atoms with van der Waals surface area (Å²) in [5, 5.41) is 2.52. The maximum Gasteiger partial charge on any atom is 0.127 e. The van der Waals surface area contributed by atoms with Crippen molar-refractivity contribution >= 4 is 21.8 Å². The maximum absolute atomic E-state index is 6.14. The van der Waals surface area contributed by atoms with Gasteiger partial charge >= 0.3 is 0 Å². The first kappa shape index (κ1) is 26.4. The highest BCUT2D eigenvalue weighted by Crippen LogP contribution is 2.46. The molecule has 0 saturated carbocycles. The molecule has 7 aromatic carbocycles. The molecule has 47 heavy (non-hydrogen) atoms. The molecule has 0 radical (unpaired) electrons. The van der Waals surface area contributed by atoms with Crippen LogP contribution in [0, 0.1) is 0 Å². The summed E-state index contributed by atoms with van der Waals surface area (Å²) in [5.74, 6) is 1.31. The minimum atomic E-state index is 0.371. The molecule has 1 aliphatic heterocycles. The number of nitrogens with zero attached hydrogens (tertiary/aromatic N) is 1. The van der Waals surface area contributed by atoms with Crippen LogP contribution in [0.15, 0.2) is 158 Å². The largest absolute Gasteiger partial charge is 0.488 e. The van der Waals surface area contributed by atoms with E-state index >= 15 is 0 Å². The lowest BCUT2D eigenvalue weighted by Crippen LogP contribution is -2.12. The highest BCUT2D eigenvalue weighted by molar-refractivity contribution is 6.11. The van der Waals surface area contributed by atoms with Gasteiger partial charge in [0.15, 0.2) is 0 Å². The third-order valence-corrected chi connectivity index (χ3v) is 10.3. The molecule has 1 unspecified atom stereocenters. The lowest BCUT2D eigenvalue weighted by atomic mass is 9.75. The standard InChI is InChI=1S/C45H31NO/c1-2-11-29(12-3-1)38-27-32-22-21-30(25-39(32)35-15-5-4-14-34(35)38)31-23-24-42-40(26-31)36-16-6-8-18-41(36)46(42)43-19-10-13-33-28-47-44-20-9-7-17-37(44)45(33)43/h1-26,38H,27-28H2. The first-order valence-corrected chi connectivity index (χ1v) is 16.5. The van der Waals surface area contributed by atoms with Gasteiger partial charge in [-0.3, -0.25) is 0 Å². The van der Waals surface area contributed by atoms with E-state index in [0.717, 1.165) is 17.7 Å². The molecule has 2 aliphatic rings. The van der Waals surface area contributed by atoms with E-state index in [4.69, 9.17) is 4.74 Å². The quantitative estimate of drug-likeness (QED) is 0.196. The number of rotatable bonds is 3. The van der Waals surface area contributed by atoms with E-state index in [9.17, 15) is 0 Å². The Hall–Kier alpha value is -5.86. The number of ether oxygens (including phenoxy) is 1. The van der Waals surface area contributed by atoms with Gasteiger partial charge in [-0.15, -0.1) is 0 Å². The molecule has 8 aromatic rings. The van der Waals surface area contributed by atoms with E-state index in [1.165, 1.54) is 77.6 Å². The maximum atomic E-state index is 6.14. The zero-order valence-corrected chi connectivity index (χ0v) is 25.9. The van der Waals surface area contributed by atoms with Gasteiger partial charge in [0.25, 0.3) is 0 Å². The predicted octanol–water partition coefficient (Wildman–Crippen LogP) is 11.4. The molecule has 0 amide bonds. The van der Waals surface area contributed by atoms with Crippen LogP contribution in [0.3, 0.4) is 0 Å². The van der Waals surface area contributed by atoms with Gasteiger partial charge in [0.05, 0.1) is 16.7 Å². The molecule has 1 atom stereocenters. The Morgan fingerprint density at radius 1 is 0.511 bits per heavy atom. The van der Waals surface area contributed by atoms with Crippen LogP contribution < -0.4 is 4.74 Å². The molecule has 0 N–H and O–H groups in total. The Morgan fingerprint density at radius 3 is 2.19 bits per heavy atom. The van der Waals surface area contributed by atoms with Crippen LogP contribution in [0.5, 0.6) is 5.75 Å². The molecule has 1 aliphatic carbocycles. The number of para-hydroxylation sites is 2. The zero-order chi connectivity index (χ0) is 30.9. The molecular formula is C45H31NO. The van der Waals surface area contributed by atoms with Gasteiger partial charge in [-0.1, -0.05) is 121 Å². The molecule has 0 fully saturated rings. The first-order valence-electron chi connectivity index (χ1n) is 16.5. The van der Waals surface area contributed by atoms with Crippen molar-refractivity contribution in [2.24, 2.45) is 0 Å². The number of hydrogen-bond acceptors (Lipinski definition) is 1. The van der Waals surface area contributed by atoms with E-state index in [1.54, 1.807) is 0 Å².